The van der Waals surface area contributed by atoms with Crippen LogP contribution in [0.1, 0.15) is 45.0 Å². The highest BCUT2D eigenvalue weighted by Crippen LogP contribution is 2.38. The molecule has 0 saturated carbocycles. The summed E-state index contributed by atoms with van der Waals surface area (Å²) in [6.45, 7) is 0.420. The van der Waals surface area contributed by atoms with Crippen molar-refractivity contribution in [2.75, 3.05) is 6.54 Å². The average molecular weight is 414 g/mol. The van der Waals surface area contributed by atoms with E-state index in [4.69, 9.17) is 4.98 Å². The molecule has 7 nitrogen and oxygen atoms in total. The number of thiazole rings is 1. The van der Waals surface area contributed by atoms with Gasteiger partial charge in [0, 0.05) is 25.7 Å². The quantitative estimate of drug-likeness (QED) is 0.557. The molecule has 29 heavy (non-hydrogen) atoms. The fourth-order valence-corrected chi connectivity index (χ4v) is 4.78. The summed E-state index contributed by atoms with van der Waals surface area (Å²) in [6.07, 6.45) is -0.526. The maximum Gasteiger partial charge on any atom is 0.282 e. The van der Waals surface area contributed by atoms with Crippen LogP contribution in [0, 0.1) is 0 Å². The standard InChI is InChI=1S/C19H16F2N6OS/c1-26-13(8-12(25-26)17(20)21)19(28)27-7-6-11-15(23-9-22-11)16(27)18-24-10-4-2-3-5-14(10)29-18/h2-5,8-9,16-17H,6-7H2,1H3,(H,22,23)/t16-/m0/s1. The molecule has 0 aliphatic carbocycles. The zero-order valence-corrected chi connectivity index (χ0v) is 16.2. The summed E-state index contributed by atoms with van der Waals surface area (Å²) >= 11 is 1.50. The third-order valence-corrected chi connectivity index (χ3v) is 6.16. The lowest BCUT2D eigenvalue weighted by molar-refractivity contribution is 0.0679. The molecular weight excluding hydrogens is 398 g/mol. The monoisotopic (exact) mass is 414 g/mol. The summed E-state index contributed by atoms with van der Waals surface area (Å²) in [6, 6.07) is 8.42. The number of nitrogens with one attached hydrogen (secondary N) is 1. The van der Waals surface area contributed by atoms with E-state index in [1.807, 2.05) is 24.3 Å². The largest absolute Gasteiger partial charge is 0.348 e. The number of amides is 1. The minimum absolute atomic E-state index is 0.116. The van der Waals surface area contributed by atoms with Gasteiger partial charge in [-0.15, -0.1) is 11.3 Å². The van der Waals surface area contributed by atoms with Crippen molar-refractivity contribution >= 4 is 27.5 Å². The van der Waals surface area contributed by atoms with Crippen LogP contribution in [0.4, 0.5) is 8.78 Å². The molecule has 0 radical (unpaired) electrons. The fourth-order valence-electron chi connectivity index (χ4n) is 3.70. The highest BCUT2D eigenvalue weighted by Gasteiger charge is 2.37. The molecule has 4 aromatic rings. The number of halogens is 2. The molecule has 0 unspecified atom stereocenters. The lowest BCUT2D eigenvalue weighted by atomic mass is 10.0. The molecule has 0 spiro atoms. The van der Waals surface area contributed by atoms with Gasteiger partial charge in [-0.2, -0.15) is 5.10 Å². The maximum atomic E-state index is 13.3. The Morgan fingerprint density at radius 1 is 1.34 bits per heavy atom. The second-order valence-electron chi connectivity index (χ2n) is 6.82. The second kappa shape index (κ2) is 6.73. The molecule has 1 aromatic carbocycles. The fraction of sp³-hybridized carbons (Fsp3) is 0.263. The minimum atomic E-state index is -2.73. The van der Waals surface area contributed by atoms with Gasteiger partial charge >= 0.3 is 0 Å². The van der Waals surface area contributed by atoms with E-state index in [9.17, 15) is 13.6 Å². The normalized spacial score (nSPS) is 16.6. The van der Waals surface area contributed by atoms with Gasteiger partial charge in [0.15, 0.2) is 0 Å². The van der Waals surface area contributed by atoms with Gasteiger partial charge in [-0.3, -0.25) is 9.48 Å². The van der Waals surface area contributed by atoms with Crippen LogP contribution in [0.15, 0.2) is 36.7 Å². The van der Waals surface area contributed by atoms with Crippen LogP contribution < -0.4 is 0 Å². The molecule has 1 amide bonds. The van der Waals surface area contributed by atoms with Crippen LogP contribution in [0.3, 0.4) is 0 Å². The van der Waals surface area contributed by atoms with Crippen molar-refractivity contribution in [3.8, 4) is 0 Å². The third kappa shape index (κ3) is 2.91. The Morgan fingerprint density at radius 3 is 2.93 bits per heavy atom. The number of nitrogens with zero attached hydrogens (tertiary/aromatic N) is 5. The van der Waals surface area contributed by atoms with Crippen molar-refractivity contribution in [1.82, 2.24) is 29.6 Å². The summed E-state index contributed by atoms with van der Waals surface area (Å²) < 4.78 is 28.3. The molecule has 0 bridgehead atoms. The SMILES string of the molecule is Cn1nc(C(F)F)cc1C(=O)N1CCc2[nH]cnc2[C@H]1c1nc2ccccc2s1. The molecule has 4 heterocycles. The smallest absolute Gasteiger partial charge is 0.282 e. The summed E-state index contributed by atoms with van der Waals surface area (Å²) in [7, 11) is 1.50. The number of hydrogen-bond acceptors (Lipinski definition) is 5. The number of carbonyl (C=O) groups is 1. The first-order valence-electron chi connectivity index (χ1n) is 9.03. The number of aromatic nitrogens is 5. The van der Waals surface area contributed by atoms with Crippen molar-refractivity contribution < 1.29 is 13.6 Å². The number of hydrogen-bond donors (Lipinski definition) is 1. The predicted molar refractivity (Wildman–Crippen MR) is 103 cm³/mol. The van der Waals surface area contributed by atoms with E-state index in [2.05, 4.69) is 15.1 Å². The van der Waals surface area contributed by atoms with Gasteiger partial charge in [0.2, 0.25) is 0 Å². The Balaban J connectivity index is 1.60. The summed E-state index contributed by atoms with van der Waals surface area (Å²) in [4.78, 5) is 27.3. The van der Waals surface area contributed by atoms with Crippen molar-refractivity contribution in [2.45, 2.75) is 18.9 Å². The van der Waals surface area contributed by atoms with Crippen molar-refractivity contribution in [3.63, 3.8) is 0 Å². The minimum Gasteiger partial charge on any atom is -0.348 e. The zero-order valence-electron chi connectivity index (χ0n) is 15.3. The molecule has 148 valence electrons. The molecule has 1 N–H and O–H groups in total. The van der Waals surface area contributed by atoms with Crippen molar-refractivity contribution in [2.24, 2.45) is 7.05 Å². The van der Waals surface area contributed by atoms with Gasteiger partial charge in [-0.05, 0) is 18.2 Å². The van der Waals surface area contributed by atoms with Crippen LogP contribution in [0.2, 0.25) is 0 Å². The number of fused-ring (bicyclic) bond motifs is 2. The third-order valence-electron chi connectivity index (χ3n) is 5.07. The van der Waals surface area contributed by atoms with E-state index >= 15 is 0 Å². The van der Waals surface area contributed by atoms with Crippen LogP contribution in [0.5, 0.6) is 0 Å². The molecule has 1 atom stereocenters. The van der Waals surface area contributed by atoms with Gasteiger partial charge in [0.1, 0.15) is 22.4 Å². The topological polar surface area (TPSA) is 79.7 Å². The molecule has 5 rings (SSSR count). The number of H-pyrrole nitrogens is 1. The number of para-hydroxylation sites is 1. The number of carbonyl (C=O) groups excluding carboxylic acids is 1. The van der Waals surface area contributed by atoms with Crippen molar-refractivity contribution in [3.05, 3.63) is 64.4 Å². The number of alkyl halides is 2. The van der Waals surface area contributed by atoms with Gasteiger partial charge in [0.25, 0.3) is 12.3 Å². The Hall–Kier alpha value is -3.14. The predicted octanol–water partition coefficient (Wildman–Crippen LogP) is 3.48. The van der Waals surface area contributed by atoms with E-state index in [1.165, 1.54) is 23.1 Å². The molecule has 1 aliphatic rings. The Labute approximate surface area is 168 Å². The van der Waals surface area contributed by atoms with Gasteiger partial charge in [0.05, 0.1) is 22.2 Å². The first-order chi connectivity index (χ1) is 14.0. The maximum absolute atomic E-state index is 13.3. The Morgan fingerprint density at radius 2 is 2.17 bits per heavy atom. The van der Waals surface area contributed by atoms with E-state index in [0.29, 0.717) is 13.0 Å². The molecule has 0 saturated heterocycles. The number of aryl methyl sites for hydroxylation is 1. The van der Waals surface area contributed by atoms with Crippen LogP contribution in [0.25, 0.3) is 10.2 Å². The van der Waals surface area contributed by atoms with E-state index in [0.717, 1.165) is 32.7 Å². The van der Waals surface area contributed by atoms with E-state index < -0.39 is 18.2 Å². The average Bonchev–Trinajstić information content (AvgIpc) is 3.43. The van der Waals surface area contributed by atoms with Crippen LogP contribution >= 0.6 is 11.3 Å². The molecule has 1 aliphatic heterocycles. The highest BCUT2D eigenvalue weighted by atomic mass is 32.1. The van der Waals surface area contributed by atoms with E-state index in [-0.39, 0.29) is 11.6 Å². The molecule has 0 fully saturated rings. The van der Waals surface area contributed by atoms with Crippen molar-refractivity contribution in [1.29, 1.82) is 0 Å². The summed E-state index contributed by atoms with van der Waals surface area (Å²) in [5.74, 6) is -0.371. The summed E-state index contributed by atoms with van der Waals surface area (Å²) in [5, 5.41) is 4.52. The number of aromatic amines is 1. The Kier molecular flexibility index (Phi) is 4.16. The van der Waals surface area contributed by atoms with Crippen LogP contribution in [-0.2, 0) is 13.5 Å². The first-order valence-corrected chi connectivity index (χ1v) is 9.85. The first kappa shape index (κ1) is 17.9. The van der Waals surface area contributed by atoms with Gasteiger partial charge in [-0.1, -0.05) is 12.1 Å². The second-order valence-corrected chi connectivity index (χ2v) is 7.88. The van der Waals surface area contributed by atoms with Gasteiger partial charge < -0.3 is 9.88 Å². The van der Waals surface area contributed by atoms with E-state index in [1.54, 1.807) is 11.2 Å². The number of rotatable bonds is 3. The number of benzene rings is 1. The highest BCUT2D eigenvalue weighted by molar-refractivity contribution is 7.18. The molecule has 10 heteroatoms. The molecule has 3 aromatic heterocycles. The Bertz CT molecular complexity index is 1180. The van der Waals surface area contributed by atoms with Gasteiger partial charge in [-0.25, -0.2) is 18.7 Å². The molecular formula is C19H16F2N6OS. The van der Waals surface area contributed by atoms with Crippen LogP contribution in [-0.4, -0.2) is 42.1 Å². The lowest BCUT2D eigenvalue weighted by Gasteiger charge is -2.33. The lowest BCUT2D eigenvalue weighted by Crippen LogP contribution is -2.41. The number of imidazole rings is 1. The zero-order chi connectivity index (χ0) is 20.1. The summed E-state index contributed by atoms with van der Waals surface area (Å²) in [5.41, 5.74) is 2.25.